The molecule has 7 nitrogen and oxygen atoms in total. The number of piperidine rings is 1. The molecule has 0 saturated carbocycles. The predicted molar refractivity (Wildman–Crippen MR) is 130 cm³/mol. The van der Waals surface area contributed by atoms with Crippen LogP contribution in [0.4, 0.5) is 5.69 Å². The Balaban J connectivity index is 0.000000368. The maximum Gasteiger partial charge on any atom is 0.313 e. The number of benzene rings is 1. The molecule has 32 heavy (non-hydrogen) atoms. The van der Waals surface area contributed by atoms with E-state index in [1.54, 1.807) is 12.1 Å². The molecule has 1 saturated heterocycles. The number of carbonyl (C=O) groups excluding carboxylic acids is 2. The molecule has 0 aromatic heterocycles. The molecule has 7 heteroatoms. The van der Waals surface area contributed by atoms with Crippen molar-refractivity contribution in [2.24, 2.45) is 11.3 Å². The maximum absolute atomic E-state index is 11.8. The SMILES string of the molecule is CC1CC(NC(=O)C(=O)Nc2ccccc2O)CCN1.CCC(C)(C)CCCC(C)CO. The molecule has 1 aromatic carbocycles. The minimum atomic E-state index is -0.766. The first-order chi connectivity index (χ1) is 15.1. The van der Waals surface area contributed by atoms with Gasteiger partial charge in [-0.3, -0.25) is 9.59 Å². The first kappa shape index (κ1) is 27.9. The van der Waals surface area contributed by atoms with Crippen LogP contribution in [0.3, 0.4) is 0 Å². The van der Waals surface area contributed by atoms with Crippen molar-refractivity contribution in [3.63, 3.8) is 0 Å². The number of hydrogen-bond acceptors (Lipinski definition) is 5. The van der Waals surface area contributed by atoms with E-state index in [9.17, 15) is 14.7 Å². The molecule has 2 amide bonds. The van der Waals surface area contributed by atoms with Crippen LogP contribution >= 0.6 is 0 Å². The molecule has 1 fully saturated rings. The minimum Gasteiger partial charge on any atom is -0.506 e. The molecular formula is C25H43N3O4. The lowest BCUT2D eigenvalue weighted by molar-refractivity contribution is -0.136. The first-order valence-electron chi connectivity index (χ1n) is 11.8. The quantitative estimate of drug-likeness (QED) is 0.306. The van der Waals surface area contributed by atoms with Crippen molar-refractivity contribution in [2.45, 2.75) is 85.2 Å². The number of para-hydroxylation sites is 2. The van der Waals surface area contributed by atoms with E-state index in [0.29, 0.717) is 24.0 Å². The Bertz CT molecular complexity index is 708. The van der Waals surface area contributed by atoms with Gasteiger partial charge < -0.3 is 26.2 Å². The number of anilines is 1. The number of amides is 2. The number of carbonyl (C=O) groups is 2. The lowest BCUT2D eigenvalue weighted by Crippen LogP contribution is -2.49. The summed E-state index contributed by atoms with van der Waals surface area (Å²) in [5.41, 5.74) is 0.723. The average Bonchev–Trinajstić information content (AvgIpc) is 2.75. The second kappa shape index (κ2) is 14.1. The van der Waals surface area contributed by atoms with Crippen molar-refractivity contribution >= 4 is 17.5 Å². The fourth-order valence-corrected chi connectivity index (χ4v) is 3.47. The van der Waals surface area contributed by atoms with E-state index in [1.807, 2.05) is 6.92 Å². The van der Waals surface area contributed by atoms with E-state index >= 15 is 0 Å². The molecule has 0 radical (unpaired) electrons. The monoisotopic (exact) mass is 449 g/mol. The third-order valence-corrected chi connectivity index (χ3v) is 6.14. The van der Waals surface area contributed by atoms with Gasteiger partial charge >= 0.3 is 11.8 Å². The standard InChI is InChI=1S/C14H19N3O3.C11H24O/c1-9-8-10(6-7-15-9)16-13(19)14(20)17-11-4-2-3-5-12(11)18;1-5-11(3,4)8-6-7-10(2)9-12/h2-5,9-10,15,18H,6-8H2,1H3,(H,16,19)(H,17,20);10,12H,5-9H2,1-4H3. The van der Waals surface area contributed by atoms with Gasteiger partial charge in [0.25, 0.3) is 0 Å². The van der Waals surface area contributed by atoms with Gasteiger partial charge in [-0.1, -0.05) is 52.7 Å². The molecule has 1 heterocycles. The van der Waals surface area contributed by atoms with Crippen molar-refractivity contribution in [3.8, 4) is 5.75 Å². The van der Waals surface area contributed by atoms with Crippen LogP contribution in [0.2, 0.25) is 0 Å². The molecule has 0 bridgehead atoms. The van der Waals surface area contributed by atoms with Crippen molar-refractivity contribution in [1.82, 2.24) is 10.6 Å². The van der Waals surface area contributed by atoms with Crippen molar-refractivity contribution in [1.29, 1.82) is 0 Å². The zero-order valence-electron chi connectivity index (χ0n) is 20.4. The van der Waals surface area contributed by atoms with Crippen LogP contribution < -0.4 is 16.0 Å². The molecular weight excluding hydrogens is 406 g/mol. The Labute approximate surface area is 193 Å². The van der Waals surface area contributed by atoms with Gasteiger partial charge in [-0.15, -0.1) is 0 Å². The van der Waals surface area contributed by atoms with Gasteiger partial charge in [0.15, 0.2) is 0 Å². The van der Waals surface area contributed by atoms with E-state index in [-0.39, 0.29) is 17.5 Å². The van der Waals surface area contributed by atoms with E-state index in [0.717, 1.165) is 19.4 Å². The summed E-state index contributed by atoms with van der Waals surface area (Å²) in [7, 11) is 0. The van der Waals surface area contributed by atoms with Crippen LogP contribution in [0.1, 0.15) is 73.1 Å². The molecule has 1 aliphatic rings. The summed E-state index contributed by atoms with van der Waals surface area (Å²) in [4.78, 5) is 23.6. The molecule has 2 rings (SSSR count). The number of aromatic hydroxyl groups is 1. The van der Waals surface area contributed by atoms with Crippen molar-refractivity contribution < 1.29 is 19.8 Å². The molecule has 3 atom stereocenters. The average molecular weight is 450 g/mol. The highest BCUT2D eigenvalue weighted by molar-refractivity contribution is 6.39. The Kier molecular flexibility index (Phi) is 12.3. The zero-order valence-corrected chi connectivity index (χ0v) is 20.4. The van der Waals surface area contributed by atoms with Gasteiger partial charge in [0.1, 0.15) is 5.75 Å². The number of phenols is 1. The van der Waals surface area contributed by atoms with Crippen LogP contribution in [0.15, 0.2) is 24.3 Å². The van der Waals surface area contributed by atoms with Gasteiger partial charge in [0.05, 0.1) is 5.69 Å². The minimum absolute atomic E-state index is 0.00821. The van der Waals surface area contributed by atoms with Crippen LogP contribution in [-0.4, -0.2) is 47.3 Å². The number of aliphatic hydroxyl groups excluding tert-OH is 1. The second-order valence-electron chi connectivity index (χ2n) is 9.72. The predicted octanol–water partition coefficient (Wildman–Crippen LogP) is 3.81. The molecule has 0 aliphatic carbocycles. The second-order valence-corrected chi connectivity index (χ2v) is 9.72. The first-order valence-corrected chi connectivity index (χ1v) is 11.8. The largest absolute Gasteiger partial charge is 0.506 e. The van der Waals surface area contributed by atoms with Gasteiger partial charge in [-0.05, 0) is 62.6 Å². The Morgan fingerprint density at radius 1 is 1.25 bits per heavy atom. The fourth-order valence-electron chi connectivity index (χ4n) is 3.47. The maximum atomic E-state index is 11.8. The molecule has 182 valence electrons. The third kappa shape index (κ3) is 11.0. The van der Waals surface area contributed by atoms with Gasteiger partial charge in [-0.25, -0.2) is 0 Å². The number of hydrogen-bond donors (Lipinski definition) is 5. The normalized spacial score (nSPS) is 19.3. The number of nitrogens with one attached hydrogen (secondary N) is 3. The summed E-state index contributed by atoms with van der Waals surface area (Å²) in [6.45, 7) is 12.2. The molecule has 5 N–H and O–H groups in total. The van der Waals surface area contributed by atoms with Crippen molar-refractivity contribution in [3.05, 3.63) is 24.3 Å². The van der Waals surface area contributed by atoms with Crippen LogP contribution in [0.25, 0.3) is 0 Å². The summed E-state index contributed by atoms with van der Waals surface area (Å²) < 4.78 is 0. The summed E-state index contributed by atoms with van der Waals surface area (Å²) >= 11 is 0. The zero-order chi connectivity index (χ0) is 24.1. The summed E-state index contributed by atoms with van der Waals surface area (Å²) in [6.07, 6.45) is 6.56. The van der Waals surface area contributed by atoms with Crippen LogP contribution in [0.5, 0.6) is 5.75 Å². The van der Waals surface area contributed by atoms with Gasteiger partial charge in [0.2, 0.25) is 0 Å². The Morgan fingerprint density at radius 3 is 2.53 bits per heavy atom. The Hall–Kier alpha value is -2.12. The molecule has 3 unspecified atom stereocenters. The van der Waals surface area contributed by atoms with Crippen LogP contribution in [0, 0.1) is 11.3 Å². The lowest BCUT2D eigenvalue weighted by atomic mass is 9.84. The molecule has 1 aromatic rings. The summed E-state index contributed by atoms with van der Waals surface area (Å²) in [5, 5.41) is 26.8. The highest BCUT2D eigenvalue weighted by Gasteiger charge is 2.23. The number of phenolic OH excluding ortho intramolecular Hbond substituents is 1. The Morgan fingerprint density at radius 2 is 1.94 bits per heavy atom. The summed E-state index contributed by atoms with van der Waals surface area (Å²) in [5.74, 6) is -1.02. The third-order valence-electron chi connectivity index (χ3n) is 6.14. The van der Waals surface area contributed by atoms with E-state index in [4.69, 9.17) is 5.11 Å². The highest BCUT2D eigenvalue weighted by Crippen LogP contribution is 2.27. The lowest BCUT2D eigenvalue weighted by Gasteiger charge is -2.28. The fraction of sp³-hybridized carbons (Fsp3) is 0.680. The topological polar surface area (TPSA) is 111 Å². The number of rotatable bonds is 8. The molecule has 0 spiro atoms. The summed E-state index contributed by atoms with van der Waals surface area (Å²) in [6, 6.07) is 6.63. The van der Waals surface area contributed by atoms with Crippen LogP contribution in [-0.2, 0) is 9.59 Å². The van der Waals surface area contributed by atoms with E-state index < -0.39 is 11.8 Å². The highest BCUT2D eigenvalue weighted by atomic mass is 16.3. The van der Waals surface area contributed by atoms with Crippen molar-refractivity contribution in [2.75, 3.05) is 18.5 Å². The van der Waals surface area contributed by atoms with E-state index in [2.05, 4.69) is 43.6 Å². The van der Waals surface area contributed by atoms with Gasteiger partial charge in [0, 0.05) is 18.7 Å². The number of aliphatic hydroxyl groups is 1. The smallest absolute Gasteiger partial charge is 0.313 e. The molecule has 1 aliphatic heterocycles. The van der Waals surface area contributed by atoms with Gasteiger partial charge in [-0.2, -0.15) is 0 Å². The van der Waals surface area contributed by atoms with E-state index in [1.165, 1.54) is 37.8 Å².